The lowest BCUT2D eigenvalue weighted by Crippen LogP contribution is -2.14. The average molecular weight is 633 g/mol. The SMILES string of the molecule is C#Cc1cc(-c2c(C(=O)C(=C)CCC=C3CCOCC3)[nH]c3ccc(NS(=O)(=O)c4ccc(C(C)(C)C)cc4)cc23)ccc1C=C. The zero-order valence-corrected chi connectivity index (χ0v) is 27.5. The summed E-state index contributed by atoms with van der Waals surface area (Å²) in [5.41, 5.74) is 7.00. The van der Waals surface area contributed by atoms with Gasteiger partial charge in [-0.3, -0.25) is 9.52 Å². The summed E-state index contributed by atoms with van der Waals surface area (Å²) >= 11 is 0. The van der Waals surface area contributed by atoms with Gasteiger partial charge in [-0.25, -0.2) is 8.42 Å². The Morgan fingerprint density at radius 2 is 1.78 bits per heavy atom. The van der Waals surface area contributed by atoms with Gasteiger partial charge in [-0.2, -0.15) is 0 Å². The normalized spacial score (nSPS) is 13.7. The van der Waals surface area contributed by atoms with Crippen LogP contribution in [0.4, 0.5) is 5.69 Å². The van der Waals surface area contributed by atoms with Crippen LogP contribution in [0.1, 0.15) is 73.6 Å². The summed E-state index contributed by atoms with van der Waals surface area (Å²) in [5, 5.41) is 0.679. The van der Waals surface area contributed by atoms with E-state index < -0.39 is 10.0 Å². The number of ketones is 1. The van der Waals surface area contributed by atoms with Gasteiger partial charge < -0.3 is 9.72 Å². The molecule has 1 aliphatic heterocycles. The fourth-order valence-corrected chi connectivity index (χ4v) is 6.72. The third-order valence-electron chi connectivity index (χ3n) is 8.36. The number of sulfonamides is 1. The molecule has 6 nitrogen and oxygen atoms in total. The molecule has 236 valence electrons. The first-order chi connectivity index (χ1) is 21.9. The molecule has 7 heteroatoms. The average Bonchev–Trinajstić information content (AvgIpc) is 3.42. The molecule has 5 rings (SSSR count). The molecule has 1 aromatic heterocycles. The smallest absolute Gasteiger partial charge is 0.261 e. The molecule has 3 aromatic carbocycles. The van der Waals surface area contributed by atoms with Crippen LogP contribution >= 0.6 is 0 Å². The third-order valence-corrected chi connectivity index (χ3v) is 9.76. The zero-order chi connectivity index (χ0) is 33.1. The van der Waals surface area contributed by atoms with Gasteiger partial charge in [-0.15, -0.1) is 6.42 Å². The van der Waals surface area contributed by atoms with E-state index in [1.54, 1.807) is 36.4 Å². The molecular formula is C39H40N2O4S. The predicted octanol–water partition coefficient (Wildman–Crippen LogP) is 8.81. The third kappa shape index (κ3) is 7.09. The van der Waals surface area contributed by atoms with Gasteiger partial charge >= 0.3 is 0 Å². The molecule has 0 atom stereocenters. The number of aromatic amines is 1. The largest absolute Gasteiger partial charge is 0.381 e. The van der Waals surface area contributed by atoms with Crippen LogP contribution in [-0.2, 0) is 20.2 Å². The molecule has 1 fully saturated rings. The second kappa shape index (κ2) is 13.4. The number of nitrogens with one attached hydrogen (secondary N) is 2. The Morgan fingerprint density at radius 3 is 2.43 bits per heavy atom. The molecule has 2 N–H and O–H groups in total. The number of carbonyl (C=O) groups excluding carboxylic acids is 1. The highest BCUT2D eigenvalue weighted by atomic mass is 32.2. The van der Waals surface area contributed by atoms with E-state index in [0.29, 0.717) is 51.8 Å². The quantitative estimate of drug-likeness (QED) is 0.0792. The molecule has 0 bridgehead atoms. The number of carbonyl (C=O) groups is 1. The minimum atomic E-state index is -3.88. The van der Waals surface area contributed by atoms with Gasteiger partial charge in [0.05, 0.1) is 23.8 Å². The van der Waals surface area contributed by atoms with Crippen LogP contribution in [0.15, 0.2) is 95.9 Å². The molecule has 0 saturated carbocycles. The lowest BCUT2D eigenvalue weighted by molar-refractivity contribution is 0.102. The van der Waals surface area contributed by atoms with E-state index in [2.05, 4.69) is 55.6 Å². The fourth-order valence-electron chi connectivity index (χ4n) is 5.67. The minimum Gasteiger partial charge on any atom is -0.381 e. The van der Waals surface area contributed by atoms with E-state index in [-0.39, 0.29) is 16.1 Å². The van der Waals surface area contributed by atoms with Crippen molar-refractivity contribution in [3.63, 3.8) is 0 Å². The van der Waals surface area contributed by atoms with Gasteiger partial charge in [0.2, 0.25) is 5.78 Å². The molecule has 1 saturated heterocycles. The van der Waals surface area contributed by atoms with Crippen molar-refractivity contribution in [1.82, 2.24) is 4.98 Å². The van der Waals surface area contributed by atoms with Gasteiger partial charge in [0.25, 0.3) is 10.0 Å². The molecule has 0 amide bonds. The number of aromatic nitrogens is 1. The maximum absolute atomic E-state index is 13.9. The van der Waals surface area contributed by atoms with E-state index in [9.17, 15) is 13.2 Å². The topological polar surface area (TPSA) is 88.3 Å². The van der Waals surface area contributed by atoms with Gasteiger partial charge in [-0.1, -0.05) is 81.8 Å². The number of fused-ring (bicyclic) bond motifs is 1. The van der Waals surface area contributed by atoms with Gasteiger partial charge in [0.15, 0.2) is 0 Å². The summed E-state index contributed by atoms with van der Waals surface area (Å²) in [4.78, 5) is 17.4. The summed E-state index contributed by atoms with van der Waals surface area (Å²) in [7, 11) is -3.88. The van der Waals surface area contributed by atoms with Crippen LogP contribution in [-0.4, -0.2) is 32.4 Å². The number of terminal acetylenes is 1. The Labute approximate surface area is 272 Å². The first-order valence-corrected chi connectivity index (χ1v) is 16.9. The molecule has 0 spiro atoms. The summed E-state index contributed by atoms with van der Waals surface area (Å²) in [5.74, 6) is 2.51. The number of allylic oxidation sites excluding steroid dienone is 2. The highest BCUT2D eigenvalue weighted by Crippen LogP contribution is 2.37. The molecule has 0 aliphatic carbocycles. The Morgan fingerprint density at radius 1 is 1.07 bits per heavy atom. The van der Waals surface area contributed by atoms with E-state index in [4.69, 9.17) is 11.2 Å². The number of benzene rings is 3. The van der Waals surface area contributed by atoms with E-state index in [1.807, 2.05) is 30.3 Å². The molecule has 0 unspecified atom stereocenters. The van der Waals surface area contributed by atoms with Crippen LogP contribution in [0, 0.1) is 12.3 Å². The summed E-state index contributed by atoms with van der Waals surface area (Å²) in [6.45, 7) is 15.7. The Bertz CT molecular complexity index is 1990. The maximum Gasteiger partial charge on any atom is 0.261 e. The van der Waals surface area contributed by atoms with Crippen molar-refractivity contribution in [2.75, 3.05) is 17.9 Å². The van der Waals surface area contributed by atoms with E-state index >= 15 is 0 Å². The van der Waals surface area contributed by atoms with Crippen molar-refractivity contribution in [2.45, 2.75) is 56.8 Å². The number of hydrogen-bond acceptors (Lipinski definition) is 4. The number of rotatable bonds is 10. The molecule has 4 aromatic rings. The van der Waals surface area contributed by atoms with E-state index in [1.165, 1.54) is 5.57 Å². The predicted molar refractivity (Wildman–Crippen MR) is 189 cm³/mol. The van der Waals surface area contributed by atoms with Crippen LogP contribution in [0.3, 0.4) is 0 Å². The summed E-state index contributed by atoms with van der Waals surface area (Å²) < 4.78 is 35.0. The molecule has 1 aliphatic rings. The molecule has 46 heavy (non-hydrogen) atoms. The monoisotopic (exact) mass is 632 g/mol. The number of H-pyrrole nitrogens is 1. The number of anilines is 1. The van der Waals surface area contributed by atoms with Gasteiger partial charge in [-0.05, 0) is 89.8 Å². The lowest BCUT2D eigenvalue weighted by Gasteiger charge is -2.19. The van der Waals surface area contributed by atoms with Crippen molar-refractivity contribution in [1.29, 1.82) is 0 Å². The first-order valence-electron chi connectivity index (χ1n) is 15.4. The van der Waals surface area contributed by atoms with Crippen LogP contribution in [0.25, 0.3) is 28.1 Å². The van der Waals surface area contributed by atoms with Crippen molar-refractivity contribution in [2.24, 2.45) is 0 Å². The molecular weight excluding hydrogens is 593 g/mol. The van der Waals surface area contributed by atoms with Crippen molar-refractivity contribution in [3.05, 3.63) is 113 Å². The maximum atomic E-state index is 13.9. The second-order valence-electron chi connectivity index (χ2n) is 12.6. The summed E-state index contributed by atoms with van der Waals surface area (Å²) in [6.07, 6.45) is 12.8. The molecule has 0 radical (unpaired) electrons. The Hall–Kier alpha value is -4.64. The second-order valence-corrected chi connectivity index (χ2v) is 14.3. The van der Waals surface area contributed by atoms with Crippen LogP contribution in [0.5, 0.6) is 0 Å². The van der Waals surface area contributed by atoms with Crippen molar-refractivity contribution < 1.29 is 17.9 Å². The lowest BCUT2D eigenvalue weighted by atomic mass is 9.87. The van der Waals surface area contributed by atoms with Gasteiger partial charge in [0, 0.05) is 27.7 Å². The number of hydrogen-bond donors (Lipinski definition) is 2. The minimum absolute atomic E-state index is 0.100. The highest BCUT2D eigenvalue weighted by Gasteiger charge is 2.23. The number of Topliss-reactive ketones (excluding diaryl/α,β-unsaturated/α-hetero) is 1. The standard InChI is InChI=1S/C39H40N2O4S/c1-7-28-12-13-30(24-29(28)8-2)36-34-25-32(41-46(43,44)33-17-14-31(15-18-33)39(4,5)6)16-19-35(34)40-37(36)38(42)26(3)10-9-11-27-20-22-45-23-21-27/h2,7,11-19,24-25,40-41H,1,3,9-10,20-23H2,4-6H3. The Balaban J connectivity index is 1.52. The van der Waals surface area contributed by atoms with Crippen LogP contribution in [0.2, 0.25) is 0 Å². The Kier molecular flexibility index (Phi) is 9.52. The summed E-state index contributed by atoms with van der Waals surface area (Å²) in [6, 6.07) is 17.7. The number of ether oxygens (including phenoxy) is 1. The first kappa shape index (κ1) is 32.7. The van der Waals surface area contributed by atoms with E-state index in [0.717, 1.165) is 42.7 Å². The van der Waals surface area contributed by atoms with Crippen molar-refractivity contribution in [3.8, 4) is 23.5 Å². The highest BCUT2D eigenvalue weighted by molar-refractivity contribution is 7.92. The molecule has 2 heterocycles. The fraction of sp³-hybridized carbons (Fsp3) is 0.256. The van der Waals surface area contributed by atoms with Crippen LogP contribution < -0.4 is 4.72 Å². The van der Waals surface area contributed by atoms with Crippen molar-refractivity contribution >= 4 is 38.5 Å². The van der Waals surface area contributed by atoms with Gasteiger partial charge in [0.1, 0.15) is 0 Å². The zero-order valence-electron chi connectivity index (χ0n) is 26.7.